The van der Waals surface area contributed by atoms with E-state index in [1.807, 2.05) is 4.90 Å². The third-order valence-corrected chi connectivity index (χ3v) is 3.99. The maximum absolute atomic E-state index is 13.0. The van der Waals surface area contributed by atoms with Crippen LogP contribution in [-0.2, 0) is 16.1 Å². The molecule has 0 aromatic heterocycles. The largest absolute Gasteiger partial charge is 0.378 e. The van der Waals surface area contributed by atoms with Gasteiger partial charge in [-0.15, -0.1) is 12.4 Å². The Morgan fingerprint density at radius 1 is 1.32 bits per heavy atom. The van der Waals surface area contributed by atoms with Crippen LogP contribution in [0.1, 0.15) is 18.4 Å². The van der Waals surface area contributed by atoms with Gasteiger partial charge in [0.25, 0.3) is 0 Å². The molecule has 1 atom stereocenters. The number of amides is 1. The van der Waals surface area contributed by atoms with Gasteiger partial charge in [-0.3, -0.25) is 4.79 Å². The minimum absolute atomic E-state index is 0. The number of morpholine rings is 1. The highest BCUT2D eigenvalue weighted by Gasteiger charge is 2.31. The van der Waals surface area contributed by atoms with Crippen LogP contribution >= 0.6 is 12.4 Å². The van der Waals surface area contributed by atoms with Crippen LogP contribution in [-0.4, -0.2) is 43.2 Å². The Bertz CT molecular complexity index is 487. The predicted molar refractivity (Wildman–Crippen MR) is 84.4 cm³/mol. The number of hydrogen-bond donors (Lipinski definition) is 1. The summed E-state index contributed by atoms with van der Waals surface area (Å²) in [4.78, 5) is 14.5. The molecule has 1 N–H and O–H groups in total. The van der Waals surface area contributed by atoms with Gasteiger partial charge in [0.2, 0.25) is 5.91 Å². The molecule has 1 saturated heterocycles. The highest BCUT2D eigenvalue weighted by Crippen LogP contribution is 2.30. The Morgan fingerprint density at radius 2 is 2.05 bits per heavy atom. The van der Waals surface area contributed by atoms with Gasteiger partial charge in [0.1, 0.15) is 11.9 Å². The first kappa shape index (κ1) is 17.2. The maximum atomic E-state index is 13.0. The molecule has 0 bridgehead atoms. The van der Waals surface area contributed by atoms with Crippen molar-refractivity contribution >= 4 is 18.3 Å². The zero-order chi connectivity index (χ0) is 14.7. The minimum Gasteiger partial charge on any atom is -0.378 e. The van der Waals surface area contributed by atoms with Crippen LogP contribution in [0.4, 0.5) is 4.39 Å². The Hall–Kier alpha value is -1.17. The molecular formula is C16H22ClFN2O2. The van der Waals surface area contributed by atoms with E-state index in [1.54, 1.807) is 12.1 Å². The monoisotopic (exact) mass is 328 g/mol. The van der Waals surface area contributed by atoms with E-state index in [-0.39, 0.29) is 30.2 Å². The molecule has 4 nitrogen and oxygen atoms in total. The van der Waals surface area contributed by atoms with E-state index >= 15 is 0 Å². The molecule has 1 aliphatic carbocycles. The molecule has 1 aromatic carbocycles. The highest BCUT2D eigenvalue weighted by molar-refractivity contribution is 5.85. The van der Waals surface area contributed by atoms with Crippen LogP contribution in [0.2, 0.25) is 0 Å². The molecule has 1 aromatic rings. The number of carbonyl (C=O) groups is 1. The first-order valence-electron chi connectivity index (χ1n) is 7.57. The van der Waals surface area contributed by atoms with Crippen molar-refractivity contribution in [1.29, 1.82) is 0 Å². The number of halogens is 2. The molecule has 2 aliphatic rings. The maximum Gasteiger partial charge on any atom is 0.242 e. The fraction of sp³-hybridized carbons (Fsp3) is 0.562. The summed E-state index contributed by atoms with van der Waals surface area (Å²) in [6.07, 6.45) is 2.39. The molecule has 1 heterocycles. The van der Waals surface area contributed by atoms with Gasteiger partial charge in [0, 0.05) is 19.6 Å². The predicted octanol–water partition coefficient (Wildman–Crippen LogP) is 1.97. The molecule has 6 heteroatoms. The third-order valence-electron chi connectivity index (χ3n) is 3.99. The van der Waals surface area contributed by atoms with Crippen molar-refractivity contribution in [1.82, 2.24) is 10.2 Å². The number of ether oxygens (including phenoxy) is 1. The Labute approximate surface area is 136 Å². The molecule has 1 amide bonds. The summed E-state index contributed by atoms with van der Waals surface area (Å²) in [5.41, 5.74) is 0.960. The Morgan fingerprint density at radius 3 is 2.64 bits per heavy atom. The number of benzene rings is 1. The molecule has 22 heavy (non-hydrogen) atoms. The summed E-state index contributed by atoms with van der Waals surface area (Å²) >= 11 is 0. The zero-order valence-electron chi connectivity index (χ0n) is 12.5. The van der Waals surface area contributed by atoms with Gasteiger partial charge in [-0.2, -0.15) is 0 Å². The number of carbonyl (C=O) groups excluding carboxylic acids is 1. The van der Waals surface area contributed by atoms with Crippen molar-refractivity contribution in [3.8, 4) is 0 Å². The molecule has 0 spiro atoms. The van der Waals surface area contributed by atoms with E-state index < -0.39 is 0 Å². The van der Waals surface area contributed by atoms with Gasteiger partial charge in [-0.05, 0) is 36.5 Å². The number of hydrogen-bond acceptors (Lipinski definition) is 3. The summed E-state index contributed by atoms with van der Waals surface area (Å²) in [7, 11) is 0. The molecule has 1 aliphatic heterocycles. The zero-order valence-corrected chi connectivity index (χ0v) is 13.3. The first-order chi connectivity index (χ1) is 10.2. The summed E-state index contributed by atoms with van der Waals surface area (Å²) in [5, 5.41) is 3.21. The molecule has 0 radical (unpaired) electrons. The van der Waals surface area contributed by atoms with E-state index in [1.165, 1.54) is 25.0 Å². The van der Waals surface area contributed by atoms with Crippen LogP contribution in [0, 0.1) is 11.7 Å². The second kappa shape index (κ2) is 7.90. The van der Waals surface area contributed by atoms with Crippen molar-refractivity contribution in [2.45, 2.75) is 25.4 Å². The van der Waals surface area contributed by atoms with E-state index in [0.717, 1.165) is 12.1 Å². The fourth-order valence-electron chi connectivity index (χ4n) is 2.60. The lowest BCUT2D eigenvalue weighted by atomic mass is 10.1. The lowest BCUT2D eigenvalue weighted by molar-refractivity contribution is -0.137. The quantitative estimate of drug-likeness (QED) is 0.898. The van der Waals surface area contributed by atoms with Gasteiger partial charge in [-0.1, -0.05) is 12.1 Å². The van der Waals surface area contributed by atoms with Gasteiger partial charge in [0.15, 0.2) is 0 Å². The summed E-state index contributed by atoms with van der Waals surface area (Å²) < 4.78 is 18.4. The topological polar surface area (TPSA) is 41.6 Å². The Kier molecular flexibility index (Phi) is 6.17. The molecule has 3 rings (SSSR count). The van der Waals surface area contributed by atoms with Gasteiger partial charge >= 0.3 is 0 Å². The van der Waals surface area contributed by atoms with Crippen LogP contribution in [0.3, 0.4) is 0 Å². The van der Waals surface area contributed by atoms with E-state index in [0.29, 0.717) is 32.2 Å². The standard InChI is InChI=1S/C16H21FN2O2.ClH/c17-14-5-3-13(4-6-14)10-19(9-12-1-2-12)16(20)15-11-21-8-7-18-15;/h3-6,12,15,18H,1-2,7-11H2;1H. The van der Waals surface area contributed by atoms with Gasteiger partial charge in [0.05, 0.1) is 13.2 Å². The van der Waals surface area contributed by atoms with Crippen molar-refractivity contribution in [3.05, 3.63) is 35.6 Å². The van der Waals surface area contributed by atoms with E-state index in [9.17, 15) is 9.18 Å². The molecular weight excluding hydrogens is 307 g/mol. The summed E-state index contributed by atoms with van der Waals surface area (Å²) in [6, 6.07) is 6.12. The van der Waals surface area contributed by atoms with Crippen LogP contribution in [0.5, 0.6) is 0 Å². The molecule has 2 fully saturated rings. The summed E-state index contributed by atoms with van der Waals surface area (Å²) in [6.45, 7) is 3.13. The molecule has 122 valence electrons. The van der Waals surface area contributed by atoms with Crippen molar-refractivity contribution < 1.29 is 13.9 Å². The SMILES string of the molecule is Cl.O=C(C1COCCN1)N(Cc1ccc(F)cc1)CC1CC1. The number of rotatable bonds is 5. The summed E-state index contributed by atoms with van der Waals surface area (Å²) in [5.74, 6) is 0.464. The number of nitrogens with zero attached hydrogens (tertiary/aromatic N) is 1. The van der Waals surface area contributed by atoms with Gasteiger partial charge in [-0.25, -0.2) is 4.39 Å². The lowest BCUT2D eigenvalue weighted by Gasteiger charge is -2.30. The second-order valence-corrected chi connectivity index (χ2v) is 5.87. The first-order valence-corrected chi connectivity index (χ1v) is 7.57. The number of nitrogens with one attached hydrogen (secondary N) is 1. The Balaban J connectivity index is 0.00000176. The fourth-order valence-corrected chi connectivity index (χ4v) is 2.60. The average Bonchev–Trinajstić information content (AvgIpc) is 3.33. The third kappa shape index (κ3) is 4.66. The second-order valence-electron chi connectivity index (χ2n) is 5.87. The average molecular weight is 329 g/mol. The van der Waals surface area contributed by atoms with Crippen LogP contribution < -0.4 is 5.32 Å². The normalized spacial score (nSPS) is 21.0. The van der Waals surface area contributed by atoms with Crippen LogP contribution in [0.25, 0.3) is 0 Å². The van der Waals surface area contributed by atoms with Crippen molar-refractivity contribution in [3.63, 3.8) is 0 Å². The highest BCUT2D eigenvalue weighted by atomic mass is 35.5. The smallest absolute Gasteiger partial charge is 0.242 e. The molecule has 1 saturated carbocycles. The van der Waals surface area contributed by atoms with E-state index in [2.05, 4.69) is 5.32 Å². The van der Waals surface area contributed by atoms with Gasteiger partial charge < -0.3 is 15.0 Å². The van der Waals surface area contributed by atoms with E-state index in [4.69, 9.17) is 4.74 Å². The van der Waals surface area contributed by atoms with Crippen molar-refractivity contribution in [2.24, 2.45) is 5.92 Å². The van der Waals surface area contributed by atoms with Crippen molar-refractivity contribution in [2.75, 3.05) is 26.3 Å². The minimum atomic E-state index is -0.252. The molecule has 1 unspecified atom stereocenters. The lowest BCUT2D eigenvalue weighted by Crippen LogP contribution is -2.52. The van der Waals surface area contributed by atoms with Crippen LogP contribution in [0.15, 0.2) is 24.3 Å².